The molecule has 0 unspecified atom stereocenters. The summed E-state index contributed by atoms with van der Waals surface area (Å²) in [6, 6.07) is 3.95. The Kier molecular flexibility index (Phi) is 1.55. The first-order valence-electron chi connectivity index (χ1n) is 3.52. The number of hydrogen-bond donors (Lipinski definition) is 0. The Bertz CT molecular complexity index is 233. The zero-order valence-electron chi connectivity index (χ0n) is 6.01. The minimum Gasteiger partial charge on any atom is -0.457 e. The summed E-state index contributed by atoms with van der Waals surface area (Å²) in [5.41, 5.74) is 0. The van der Waals surface area contributed by atoms with Crippen molar-refractivity contribution in [3.05, 3.63) is 37.1 Å². The maximum Gasteiger partial charge on any atom is 0.257 e. The molecule has 58 valence electrons. The SMILES string of the molecule is C1=COC(Cn2cccc2)O1. The van der Waals surface area contributed by atoms with E-state index in [0.717, 1.165) is 6.54 Å². The van der Waals surface area contributed by atoms with Gasteiger partial charge in [-0.15, -0.1) is 0 Å². The Morgan fingerprint density at radius 2 is 1.73 bits per heavy atom. The molecule has 1 aliphatic rings. The highest BCUT2D eigenvalue weighted by Gasteiger charge is 2.11. The lowest BCUT2D eigenvalue weighted by atomic mass is 10.6. The van der Waals surface area contributed by atoms with Gasteiger partial charge in [-0.05, 0) is 12.1 Å². The van der Waals surface area contributed by atoms with E-state index in [4.69, 9.17) is 9.47 Å². The summed E-state index contributed by atoms with van der Waals surface area (Å²) < 4.78 is 12.2. The molecule has 0 fully saturated rings. The van der Waals surface area contributed by atoms with Crippen molar-refractivity contribution in [3.8, 4) is 0 Å². The van der Waals surface area contributed by atoms with Crippen LogP contribution in [0.3, 0.4) is 0 Å². The van der Waals surface area contributed by atoms with E-state index >= 15 is 0 Å². The van der Waals surface area contributed by atoms with E-state index in [0.29, 0.717) is 0 Å². The first kappa shape index (κ1) is 6.34. The summed E-state index contributed by atoms with van der Waals surface area (Å²) >= 11 is 0. The smallest absolute Gasteiger partial charge is 0.257 e. The monoisotopic (exact) mass is 151 g/mol. The van der Waals surface area contributed by atoms with E-state index in [-0.39, 0.29) is 6.29 Å². The first-order valence-corrected chi connectivity index (χ1v) is 3.52. The Labute approximate surface area is 64.8 Å². The number of nitrogens with zero attached hydrogens (tertiary/aromatic N) is 1. The van der Waals surface area contributed by atoms with Gasteiger partial charge in [-0.1, -0.05) is 0 Å². The van der Waals surface area contributed by atoms with Gasteiger partial charge in [0.2, 0.25) is 0 Å². The Morgan fingerprint density at radius 3 is 2.36 bits per heavy atom. The molecule has 0 spiro atoms. The van der Waals surface area contributed by atoms with Crippen molar-refractivity contribution in [2.45, 2.75) is 12.8 Å². The van der Waals surface area contributed by atoms with Crippen LogP contribution in [0.1, 0.15) is 0 Å². The van der Waals surface area contributed by atoms with Gasteiger partial charge >= 0.3 is 0 Å². The normalized spacial score (nSPS) is 16.4. The average molecular weight is 151 g/mol. The second-order valence-electron chi connectivity index (χ2n) is 2.35. The van der Waals surface area contributed by atoms with Crippen molar-refractivity contribution in [1.29, 1.82) is 0 Å². The van der Waals surface area contributed by atoms with E-state index in [9.17, 15) is 0 Å². The Balaban J connectivity index is 1.91. The fourth-order valence-electron chi connectivity index (χ4n) is 1.02. The molecule has 3 nitrogen and oxygen atoms in total. The summed E-state index contributed by atoms with van der Waals surface area (Å²) in [5, 5.41) is 0. The molecule has 2 rings (SSSR count). The topological polar surface area (TPSA) is 23.4 Å². The van der Waals surface area contributed by atoms with Gasteiger partial charge in [-0.25, -0.2) is 0 Å². The number of rotatable bonds is 2. The molecule has 1 aromatic heterocycles. The number of hydrogen-bond acceptors (Lipinski definition) is 2. The largest absolute Gasteiger partial charge is 0.457 e. The lowest BCUT2D eigenvalue weighted by Crippen LogP contribution is -2.15. The fraction of sp³-hybridized carbons (Fsp3) is 0.250. The van der Waals surface area contributed by atoms with Crippen molar-refractivity contribution >= 4 is 0 Å². The van der Waals surface area contributed by atoms with Crippen molar-refractivity contribution in [2.75, 3.05) is 0 Å². The molecular weight excluding hydrogens is 142 g/mol. The zero-order valence-corrected chi connectivity index (χ0v) is 6.01. The first-order chi connectivity index (χ1) is 5.45. The molecule has 0 aromatic carbocycles. The molecule has 1 aliphatic heterocycles. The lowest BCUT2D eigenvalue weighted by Gasteiger charge is -2.10. The van der Waals surface area contributed by atoms with Crippen molar-refractivity contribution < 1.29 is 9.47 Å². The Morgan fingerprint density at radius 1 is 1.09 bits per heavy atom. The van der Waals surface area contributed by atoms with Crippen LogP contribution in [-0.4, -0.2) is 10.9 Å². The molecule has 0 bridgehead atoms. The highest BCUT2D eigenvalue weighted by molar-refractivity contribution is 4.90. The second-order valence-corrected chi connectivity index (χ2v) is 2.35. The van der Waals surface area contributed by atoms with Gasteiger partial charge in [-0.3, -0.25) is 0 Å². The molecule has 0 radical (unpaired) electrons. The Hall–Kier alpha value is -1.38. The predicted octanol–water partition coefficient (Wildman–Crippen LogP) is 1.33. The van der Waals surface area contributed by atoms with Crippen molar-refractivity contribution in [2.24, 2.45) is 0 Å². The molecule has 1 aromatic rings. The van der Waals surface area contributed by atoms with Crippen LogP contribution in [0, 0.1) is 0 Å². The maximum absolute atomic E-state index is 5.10. The summed E-state index contributed by atoms with van der Waals surface area (Å²) in [5.74, 6) is 0. The third-order valence-corrected chi connectivity index (χ3v) is 1.54. The van der Waals surface area contributed by atoms with Gasteiger partial charge in [-0.2, -0.15) is 0 Å². The molecular formula is C8H9NO2. The zero-order chi connectivity index (χ0) is 7.52. The van der Waals surface area contributed by atoms with Gasteiger partial charge < -0.3 is 14.0 Å². The summed E-state index contributed by atoms with van der Waals surface area (Å²) in [7, 11) is 0. The molecule has 0 saturated carbocycles. The predicted molar refractivity (Wildman–Crippen MR) is 39.5 cm³/mol. The molecule has 0 amide bonds. The summed E-state index contributed by atoms with van der Waals surface area (Å²) in [6.45, 7) is 0.736. The van der Waals surface area contributed by atoms with Crippen LogP contribution in [0.5, 0.6) is 0 Å². The summed E-state index contributed by atoms with van der Waals surface area (Å²) in [6.07, 6.45) is 6.93. The number of ether oxygens (including phenoxy) is 2. The van der Waals surface area contributed by atoms with Gasteiger partial charge in [0.25, 0.3) is 6.29 Å². The van der Waals surface area contributed by atoms with Crippen LogP contribution in [0.2, 0.25) is 0 Å². The third kappa shape index (κ3) is 1.37. The van der Waals surface area contributed by atoms with Crippen LogP contribution in [0.15, 0.2) is 37.1 Å². The lowest BCUT2D eigenvalue weighted by molar-refractivity contribution is -0.0341. The van der Waals surface area contributed by atoms with Crippen LogP contribution < -0.4 is 0 Å². The second kappa shape index (κ2) is 2.70. The average Bonchev–Trinajstić information content (AvgIpc) is 2.60. The van der Waals surface area contributed by atoms with Gasteiger partial charge in [0, 0.05) is 12.4 Å². The highest BCUT2D eigenvalue weighted by atomic mass is 16.7. The van der Waals surface area contributed by atoms with E-state index in [1.54, 1.807) is 12.5 Å². The van der Waals surface area contributed by atoms with Gasteiger partial charge in [0.1, 0.15) is 12.5 Å². The number of aromatic nitrogens is 1. The van der Waals surface area contributed by atoms with E-state index in [1.807, 2.05) is 29.1 Å². The van der Waals surface area contributed by atoms with Gasteiger partial charge in [0.05, 0.1) is 6.54 Å². The molecule has 3 heteroatoms. The third-order valence-electron chi connectivity index (χ3n) is 1.54. The van der Waals surface area contributed by atoms with E-state index < -0.39 is 0 Å². The van der Waals surface area contributed by atoms with E-state index in [1.165, 1.54) is 0 Å². The minimum absolute atomic E-state index is 0.151. The van der Waals surface area contributed by atoms with Gasteiger partial charge in [0.15, 0.2) is 0 Å². The van der Waals surface area contributed by atoms with Crippen LogP contribution in [0.4, 0.5) is 0 Å². The van der Waals surface area contributed by atoms with Crippen LogP contribution >= 0.6 is 0 Å². The van der Waals surface area contributed by atoms with Crippen molar-refractivity contribution in [3.63, 3.8) is 0 Å². The maximum atomic E-state index is 5.10. The van der Waals surface area contributed by atoms with Crippen LogP contribution in [-0.2, 0) is 16.0 Å². The minimum atomic E-state index is -0.151. The molecule has 2 heterocycles. The molecule has 0 saturated heterocycles. The molecule has 0 aliphatic carbocycles. The highest BCUT2D eigenvalue weighted by Crippen LogP contribution is 2.07. The van der Waals surface area contributed by atoms with Crippen LogP contribution in [0.25, 0.3) is 0 Å². The standard InChI is InChI=1S/C8H9NO2/c1-2-4-9(3-1)7-8-10-5-6-11-8/h1-6,8H,7H2. The van der Waals surface area contributed by atoms with Crippen molar-refractivity contribution in [1.82, 2.24) is 4.57 Å². The molecule has 11 heavy (non-hydrogen) atoms. The molecule has 0 atom stereocenters. The quantitative estimate of drug-likeness (QED) is 0.636. The van der Waals surface area contributed by atoms with E-state index in [2.05, 4.69) is 0 Å². The molecule has 0 N–H and O–H groups in total. The fourth-order valence-corrected chi connectivity index (χ4v) is 1.02. The summed E-state index contributed by atoms with van der Waals surface area (Å²) in [4.78, 5) is 0.